The maximum atomic E-state index is 13.2. The van der Waals surface area contributed by atoms with E-state index in [1.54, 1.807) is 35.4 Å². The summed E-state index contributed by atoms with van der Waals surface area (Å²) in [6.45, 7) is 4.40. The third-order valence-corrected chi connectivity index (χ3v) is 5.18. The zero-order valence-corrected chi connectivity index (χ0v) is 18.9. The second-order valence-corrected chi connectivity index (χ2v) is 7.88. The van der Waals surface area contributed by atoms with Gasteiger partial charge in [0.05, 0.1) is 23.5 Å². The number of benzene rings is 2. The van der Waals surface area contributed by atoms with Crippen LogP contribution >= 0.6 is 23.2 Å². The van der Waals surface area contributed by atoms with Gasteiger partial charge in [-0.25, -0.2) is 4.79 Å². The number of amides is 3. The summed E-state index contributed by atoms with van der Waals surface area (Å²) in [5, 5.41) is 3.49. The van der Waals surface area contributed by atoms with Crippen molar-refractivity contribution in [1.29, 1.82) is 0 Å². The molecule has 3 aromatic rings. The minimum Gasteiger partial charge on any atom is -0.467 e. The molecule has 166 valence electrons. The van der Waals surface area contributed by atoms with Gasteiger partial charge in [0.15, 0.2) is 0 Å². The molecule has 0 aliphatic carbocycles. The van der Waals surface area contributed by atoms with E-state index >= 15 is 0 Å². The molecule has 8 heteroatoms. The van der Waals surface area contributed by atoms with E-state index in [9.17, 15) is 9.59 Å². The van der Waals surface area contributed by atoms with Crippen molar-refractivity contribution in [3.8, 4) is 0 Å². The molecule has 0 saturated carbocycles. The fraction of sp³-hybridized carbons (Fsp3) is 0.167. The summed E-state index contributed by atoms with van der Waals surface area (Å²) in [6.07, 6.45) is 3.12. The van der Waals surface area contributed by atoms with E-state index in [1.807, 2.05) is 36.4 Å². The number of rotatable bonds is 9. The van der Waals surface area contributed by atoms with Crippen LogP contribution < -0.4 is 5.32 Å². The molecular weight excluding hydrogens is 449 g/mol. The van der Waals surface area contributed by atoms with Gasteiger partial charge in [-0.15, -0.1) is 6.58 Å². The molecule has 0 bridgehead atoms. The Bertz CT molecular complexity index is 1060. The quantitative estimate of drug-likeness (QED) is 0.398. The Labute approximate surface area is 197 Å². The third-order valence-electron chi connectivity index (χ3n) is 4.63. The normalized spacial score (nSPS) is 10.4. The van der Waals surface area contributed by atoms with Gasteiger partial charge >= 0.3 is 6.03 Å². The number of halogens is 2. The van der Waals surface area contributed by atoms with Crippen LogP contribution in [0.15, 0.2) is 84.0 Å². The Balaban J connectivity index is 1.74. The summed E-state index contributed by atoms with van der Waals surface area (Å²) in [6, 6.07) is 17.5. The number of hydrogen-bond donors (Lipinski definition) is 1. The fourth-order valence-corrected chi connectivity index (χ4v) is 3.51. The predicted molar refractivity (Wildman–Crippen MR) is 127 cm³/mol. The molecule has 2 aromatic carbocycles. The van der Waals surface area contributed by atoms with Crippen molar-refractivity contribution in [2.45, 2.75) is 13.1 Å². The van der Waals surface area contributed by atoms with Gasteiger partial charge in [-0.1, -0.05) is 59.6 Å². The summed E-state index contributed by atoms with van der Waals surface area (Å²) >= 11 is 12.1. The highest BCUT2D eigenvalue weighted by atomic mass is 35.5. The number of hydrogen-bond acceptors (Lipinski definition) is 3. The Morgan fingerprint density at radius 2 is 1.78 bits per heavy atom. The lowest BCUT2D eigenvalue weighted by Gasteiger charge is -2.27. The first-order valence-corrected chi connectivity index (χ1v) is 10.7. The van der Waals surface area contributed by atoms with Crippen LogP contribution in [-0.4, -0.2) is 34.8 Å². The van der Waals surface area contributed by atoms with Crippen LogP contribution in [0.2, 0.25) is 10.0 Å². The minimum absolute atomic E-state index is 0.142. The molecule has 0 aliphatic heterocycles. The second kappa shape index (κ2) is 11.4. The molecule has 1 heterocycles. The van der Waals surface area contributed by atoms with Gasteiger partial charge in [0.25, 0.3) is 0 Å². The van der Waals surface area contributed by atoms with E-state index < -0.39 is 6.03 Å². The van der Waals surface area contributed by atoms with Gasteiger partial charge in [0, 0.05) is 18.1 Å². The highest BCUT2D eigenvalue weighted by Crippen LogP contribution is 2.25. The van der Waals surface area contributed by atoms with E-state index in [0.29, 0.717) is 28.0 Å². The molecule has 1 aromatic heterocycles. The smallest absolute Gasteiger partial charge is 0.322 e. The summed E-state index contributed by atoms with van der Waals surface area (Å²) in [5.74, 6) is 0.423. The lowest BCUT2D eigenvalue weighted by Crippen LogP contribution is -2.44. The monoisotopic (exact) mass is 471 g/mol. The van der Waals surface area contributed by atoms with Gasteiger partial charge in [-0.05, 0) is 35.9 Å². The van der Waals surface area contributed by atoms with E-state index in [1.165, 1.54) is 11.0 Å². The van der Waals surface area contributed by atoms with E-state index in [4.69, 9.17) is 27.6 Å². The second-order valence-electron chi connectivity index (χ2n) is 7.04. The lowest BCUT2D eigenvalue weighted by atomic mass is 10.2. The maximum absolute atomic E-state index is 13.2. The number of carbonyl (C=O) groups is 2. The molecule has 0 spiro atoms. The molecule has 0 unspecified atom stereocenters. The molecule has 0 saturated heterocycles. The molecule has 3 amide bonds. The van der Waals surface area contributed by atoms with Crippen molar-refractivity contribution in [1.82, 2.24) is 9.80 Å². The van der Waals surface area contributed by atoms with Gasteiger partial charge < -0.3 is 19.5 Å². The van der Waals surface area contributed by atoms with Crippen LogP contribution in [0.1, 0.15) is 11.3 Å². The summed E-state index contributed by atoms with van der Waals surface area (Å²) in [7, 11) is 0. The molecule has 1 N–H and O–H groups in total. The van der Waals surface area contributed by atoms with Crippen molar-refractivity contribution >= 4 is 40.8 Å². The van der Waals surface area contributed by atoms with Crippen LogP contribution in [0.5, 0.6) is 0 Å². The van der Waals surface area contributed by atoms with Gasteiger partial charge in [-0.3, -0.25) is 4.79 Å². The Kier molecular flexibility index (Phi) is 8.36. The summed E-state index contributed by atoms with van der Waals surface area (Å²) in [5.41, 5.74) is 1.37. The SMILES string of the molecule is C=CCN(CC(=O)N(Cc1ccccc1)Cc1ccco1)C(=O)Nc1ccc(Cl)cc1Cl. The minimum atomic E-state index is -0.472. The predicted octanol–water partition coefficient (Wildman–Crippen LogP) is 5.84. The Hall–Kier alpha value is -3.22. The van der Waals surface area contributed by atoms with Crippen molar-refractivity contribution in [2.24, 2.45) is 0 Å². The highest BCUT2D eigenvalue weighted by molar-refractivity contribution is 6.36. The molecular formula is C24H23Cl2N3O3. The van der Waals surface area contributed by atoms with Crippen molar-refractivity contribution in [2.75, 3.05) is 18.4 Å². The summed E-state index contributed by atoms with van der Waals surface area (Å²) in [4.78, 5) is 29.1. The number of urea groups is 1. The first kappa shape index (κ1) is 23.4. The molecule has 0 fully saturated rings. The molecule has 0 aliphatic rings. The molecule has 32 heavy (non-hydrogen) atoms. The van der Waals surface area contributed by atoms with E-state index in [2.05, 4.69) is 11.9 Å². The fourth-order valence-electron chi connectivity index (χ4n) is 3.05. The lowest BCUT2D eigenvalue weighted by molar-refractivity contribution is -0.133. The number of carbonyl (C=O) groups excluding carboxylic acids is 2. The highest BCUT2D eigenvalue weighted by Gasteiger charge is 2.22. The zero-order valence-electron chi connectivity index (χ0n) is 17.3. The first-order chi connectivity index (χ1) is 15.5. The standard InChI is InChI=1S/C24H23Cl2N3O3/c1-2-12-28(24(31)27-22-11-10-19(25)14-21(22)26)17-23(30)29(16-20-9-6-13-32-20)15-18-7-4-3-5-8-18/h2-11,13-14H,1,12,15-17H2,(H,27,31). The van der Waals surface area contributed by atoms with Gasteiger partial charge in [0.1, 0.15) is 12.3 Å². The average molecular weight is 472 g/mol. The van der Waals surface area contributed by atoms with Crippen molar-refractivity contribution in [3.05, 3.63) is 101 Å². The maximum Gasteiger partial charge on any atom is 0.322 e. The van der Waals surface area contributed by atoms with Crippen LogP contribution in [0.3, 0.4) is 0 Å². The number of furan rings is 1. The number of nitrogens with zero attached hydrogens (tertiary/aromatic N) is 2. The van der Waals surface area contributed by atoms with Crippen molar-refractivity contribution < 1.29 is 14.0 Å². The van der Waals surface area contributed by atoms with Gasteiger partial charge in [0.2, 0.25) is 5.91 Å². The topological polar surface area (TPSA) is 65.8 Å². The van der Waals surface area contributed by atoms with E-state index in [-0.39, 0.29) is 25.5 Å². The van der Waals surface area contributed by atoms with Crippen LogP contribution in [-0.2, 0) is 17.9 Å². The zero-order chi connectivity index (χ0) is 22.9. The Morgan fingerprint density at radius 1 is 1.00 bits per heavy atom. The third kappa shape index (κ3) is 6.64. The largest absolute Gasteiger partial charge is 0.467 e. The molecule has 3 rings (SSSR count). The molecule has 0 atom stereocenters. The van der Waals surface area contributed by atoms with Crippen LogP contribution in [0.25, 0.3) is 0 Å². The Morgan fingerprint density at radius 3 is 2.44 bits per heavy atom. The summed E-state index contributed by atoms with van der Waals surface area (Å²) < 4.78 is 5.43. The molecule has 6 nitrogen and oxygen atoms in total. The average Bonchev–Trinajstić information content (AvgIpc) is 3.29. The van der Waals surface area contributed by atoms with Gasteiger partial charge in [-0.2, -0.15) is 0 Å². The number of nitrogens with one attached hydrogen (secondary N) is 1. The molecule has 0 radical (unpaired) electrons. The van der Waals surface area contributed by atoms with E-state index in [0.717, 1.165) is 5.56 Å². The number of anilines is 1. The first-order valence-electron chi connectivity index (χ1n) is 9.92. The van der Waals surface area contributed by atoms with Crippen LogP contribution in [0.4, 0.5) is 10.5 Å². The van der Waals surface area contributed by atoms with Crippen molar-refractivity contribution in [3.63, 3.8) is 0 Å². The van der Waals surface area contributed by atoms with Crippen LogP contribution in [0, 0.1) is 0 Å².